The molecule has 4 nitrogen and oxygen atoms in total. The second kappa shape index (κ2) is 8.59. The Morgan fingerprint density at radius 3 is 2.45 bits per heavy atom. The molecule has 1 unspecified atom stereocenters. The maximum absolute atomic E-state index is 11.5. The van der Waals surface area contributed by atoms with Crippen molar-refractivity contribution in [3.05, 3.63) is 29.8 Å². The summed E-state index contributed by atoms with van der Waals surface area (Å²) in [6.45, 7) is 8.13. The Kier molecular flexibility index (Phi) is 7.09. The van der Waals surface area contributed by atoms with Gasteiger partial charge in [-0.2, -0.15) is 0 Å². The third kappa shape index (κ3) is 4.53. The van der Waals surface area contributed by atoms with Crippen LogP contribution >= 0.6 is 0 Å². The average molecular weight is 279 g/mol. The fourth-order valence-corrected chi connectivity index (χ4v) is 2.27. The number of rotatable bonds is 9. The predicted molar refractivity (Wildman–Crippen MR) is 80.3 cm³/mol. The maximum atomic E-state index is 11.5. The number of para-hydroxylation sites is 1. The van der Waals surface area contributed by atoms with Crippen molar-refractivity contribution < 1.29 is 14.6 Å². The molecule has 0 saturated carbocycles. The van der Waals surface area contributed by atoms with Gasteiger partial charge in [0.25, 0.3) is 0 Å². The summed E-state index contributed by atoms with van der Waals surface area (Å²) >= 11 is 0. The summed E-state index contributed by atoms with van der Waals surface area (Å²) in [5.74, 6) is 0.0201. The van der Waals surface area contributed by atoms with Gasteiger partial charge in [-0.25, -0.2) is 0 Å². The summed E-state index contributed by atoms with van der Waals surface area (Å²) in [5, 5.41) is 9.45. The fraction of sp³-hybridized carbons (Fsp3) is 0.562. The first-order chi connectivity index (χ1) is 9.63. The van der Waals surface area contributed by atoms with Crippen LogP contribution in [0.25, 0.3) is 0 Å². The molecule has 0 fully saturated rings. The topological polar surface area (TPSA) is 49.8 Å². The predicted octanol–water partition coefficient (Wildman–Crippen LogP) is 2.81. The van der Waals surface area contributed by atoms with Crippen molar-refractivity contribution in [2.45, 2.75) is 39.7 Å². The van der Waals surface area contributed by atoms with Gasteiger partial charge in [0.1, 0.15) is 11.8 Å². The molecule has 1 aromatic rings. The van der Waals surface area contributed by atoms with Crippen molar-refractivity contribution in [2.24, 2.45) is 0 Å². The molecular formula is C16H25NO3. The number of carbonyl (C=O) groups is 1. The molecule has 1 atom stereocenters. The molecule has 0 aliphatic rings. The normalized spacial score (nSPS) is 12.4. The van der Waals surface area contributed by atoms with E-state index >= 15 is 0 Å². The van der Waals surface area contributed by atoms with Crippen LogP contribution in [0.4, 0.5) is 0 Å². The van der Waals surface area contributed by atoms with Crippen LogP contribution in [0.3, 0.4) is 0 Å². The number of hydrogen-bond donors (Lipinski definition) is 1. The van der Waals surface area contributed by atoms with Crippen molar-refractivity contribution in [3.63, 3.8) is 0 Å². The zero-order valence-corrected chi connectivity index (χ0v) is 12.6. The van der Waals surface area contributed by atoms with Gasteiger partial charge in [-0.3, -0.25) is 9.69 Å². The highest BCUT2D eigenvalue weighted by atomic mass is 16.5. The Labute approximate surface area is 121 Å². The summed E-state index contributed by atoms with van der Waals surface area (Å²) in [7, 11) is 0. The molecule has 0 aliphatic heterocycles. The number of carboxylic acid groups (broad SMARTS) is 1. The van der Waals surface area contributed by atoms with Gasteiger partial charge in [0.05, 0.1) is 6.61 Å². The average Bonchev–Trinajstić information content (AvgIpc) is 2.46. The van der Waals surface area contributed by atoms with E-state index in [0.29, 0.717) is 13.0 Å². The first-order valence-corrected chi connectivity index (χ1v) is 7.31. The van der Waals surface area contributed by atoms with Crippen LogP contribution in [0, 0.1) is 0 Å². The third-order valence-corrected chi connectivity index (χ3v) is 3.39. The van der Waals surface area contributed by atoms with E-state index < -0.39 is 12.0 Å². The number of likely N-dealkylation sites (N-methyl/N-ethyl adjacent to an activating group) is 1. The monoisotopic (exact) mass is 279 g/mol. The molecular weight excluding hydrogens is 254 g/mol. The molecule has 0 aromatic heterocycles. The highest BCUT2D eigenvalue weighted by Gasteiger charge is 2.24. The molecule has 0 radical (unpaired) electrons. The quantitative estimate of drug-likeness (QED) is 0.755. The number of aliphatic carboxylic acids is 1. The van der Waals surface area contributed by atoms with Crippen molar-refractivity contribution in [3.8, 4) is 5.75 Å². The van der Waals surface area contributed by atoms with E-state index in [9.17, 15) is 9.90 Å². The van der Waals surface area contributed by atoms with Crippen LogP contribution in [0.15, 0.2) is 24.3 Å². The van der Waals surface area contributed by atoms with Crippen molar-refractivity contribution in [1.29, 1.82) is 0 Å². The highest BCUT2D eigenvalue weighted by molar-refractivity contribution is 5.74. The van der Waals surface area contributed by atoms with Crippen LogP contribution in [0.1, 0.15) is 32.8 Å². The number of nitrogens with zero attached hydrogens (tertiary/aromatic N) is 1. The van der Waals surface area contributed by atoms with Gasteiger partial charge in [-0.05, 0) is 31.1 Å². The van der Waals surface area contributed by atoms with Gasteiger partial charge in [-0.15, -0.1) is 0 Å². The van der Waals surface area contributed by atoms with Gasteiger partial charge in [0, 0.05) is 6.42 Å². The Bertz CT molecular complexity index is 416. The second-order valence-electron chi connectivity index (χ2n) is 4.74. The van der Waals surface area contributed by atoms with E-state index in [0.717, 1.165) is 30.8 Å². The molecule has 20 heavy (non-hydrogen) atoms. The van der Waals surface area contributed by atoms with Crippen LogP contribution in [-0.4, -0.2) is 41.7 Å². The molecule has 0 heterocycles. The van der Waals surface area contributed by atoms with Gasteiger partial charge in [-0.1, -0.05) is 39.0 Å². The van der Waals surface area contributed by atoms with E-state index in [1.807, 2.05) is 43.0 Å². The number of hydrogen-bond acceptors (Lipinski definition) is 3. The molecule has 1 rings (SSSR count). The summed E-state index contributed by atoms with van der Waals surface area (Å²) in [6.07, 6.45) is 1.41. The Morgan fingerprint density at radius 2 is 1.90 bits per heavy atom. The summed E-state index contributed by atoms with van der Waals surface area (Å²) in [6, 6.07) is 7.20. The standard InChI is InChI=1S/C16H25NO3/c1-4-11-20-15-10-8-7-9-13(15)12-14(16(18)19)17(5-2)6-3/h7-10,14H,4-6,11-12H2,1-3H3,(H,18,19). The molecule has 0 saturated heterocycles. The molecule has 1 aromatic carbocycles. The lowest BCUT2D eigenvalue weighted by molar-refractivity contribution is -0.143. The largest absolute Gasteiger partial charge is 0.493 e. The Morgan fingerprint density at radius 1 is 1.25 bits per heavy atom. The fourth-order valence-electron chi connectivity index (χ4n) is 2.27. The van der Waals surface area contributed by atoms with Gasteiger partial charge < -0.3 is 9.84 Å². The SMILES string of the molecule is CCCOc1ccccc1CC(C(=O)O)N(CC)CC. The number of carboxylic acids is 1. The summed E-state index contributed by atoms with van der Waals surface area (Å²) < 4.78 is 5.70. The highest BCUT2D eigenvalue weighted by Crippen LogP contribution is 2.21. The third-order valence-electron chi connectivity index (χ3n) is 3.39. The van der Waals surface area contributed by atoms with Gasteiger partial charge >= 0.3 is 5.97 Å². The molecule has 1 N–H and O–H groups in total. The first-order valence-electron chi connectivity index (χ1n) is 7.31. The lowest BCUT2D eigenvalue weighted by Crippen LogP contribution is -2.42. The lowest BCUT2D eigenvalue weighted by Gasteiger charge is -2.26. The van der Waals surface area contributed by atoms with E-state index in [4.69, 9.17) is 4.74 Å². The molecule has 0 bridgehead atoms. The zero-order valence-electron chi connectivity index (χ0n) is 12.6. The Balaban J connectivity index is 2.90. The van der Waals surface area contributed by atoms with Crippen molar-refractivity contribution in [2.75, 3.05) is 19.7 Å². The minimum atomic E-state index is -0.779. The minimum Gasteiger partial charge on any atom is -0.493 e. The molecule has 0 spiro atoms. The van der Waals surface area contributed by atoms with Crippen LogP contribution in [0.5, 0.6) is 5.75 Å². The summed E-state index contributed by atoms with van der Waals surface area (Å²) in [4.78, 5) is 13.5. The van der Waals surface area contributed by atoms with Gasteiger partial charge in [0.2, 0.25) is 0 Å². The first kappa shape index (κ1) is 16.5. The lowest BCUT2D eigenvalue weighted by atomic mass is 10.0. The van der Waals surface area contributed by atoms with E-state index in [-0.39, 0.29) is 0 Å². The number of benzene rings is 1. The maximum Gasteiger partial charge on any atom is 0.321 e. The molecule has 0 amide bonds. The smallest absolute Gasteiger partial charge is 0.321 e. The van der Waals surface area contributed by atoms with Crippen LogP contribution in [0.2, 0.25) is 0 Å². The van der Waals surface area contributed by atoms with Crippen LogP contribution in [-0.2, 0) is 11.2 Å². The second-order valence-corrected chi connectivity index (χ2v) is 4.74. The summed E-state index contributed by atoms with van der Waals surface area (Å²) in [5.41, 5.74) is 0.959. The molecule has 4 heteroatoms. The van der Waals surface area contributed by atoms with Gasteiger partial charge in [0.15, 0.2) is 0 Å². The zero-order chi connectivity index (χ0) is 15.0. The Hall–Kier alpha value is -1.55. The molecule has 112 valence electrons. The van der Waals surface area contributed by atoms with E-state index in [1.54, 1.807) is 0 Å². The number of ether oxygens (including phenoxy) is 1. The van der Waals surface area contributed by atoms with E-state index in [1.165, 1.54) is 0 Å². The van der Waals surface area contributed by atoms with E-state index in [2.05, 4.69) is 6.92 Å². The van der Waals surface area contributed by atoms with Crippen molar-refractivity contribution >= 4 is 5.97 Å². The van der Waals surface area contributed by atoms with Crippen LogP contribution < -0.4 is 4.74 Å². The molecule has 0 aliphatic carbocycles. The van der Waals surface area contributed by atoms with Crippen molar-refractivity contribution in [1.82, 2.24) is 4.90 Å². The minimum absolute atomic E-state index is 0.469.